The molecule has 0 fully saturated rings. The third kappa shape index (κ3) is 3.56. The average molecular weight is 378 g/mol. The summed E-state index contributed by atoms with van der Waals surface area (Å²) >= 11 is 7.46. The third-order valence-corrected chi connectivity index (χ3v) is 5.43. The lowest BCUT2D eigenvalue weighted by molar-refractivity contribution is -0.127. The third-order valence-electron chi connectivity index (χ3n) is 4.22. The Morgan fingerprint density at radius 3 is 2.68 bits per heavy atom. The van der Waals surface area contributed by atoms with Gasteiger partial charge in [0, 0.05) is 11.4 Å². The topological polar surface area (TPSA) is 52.7 Å². The lowest BCUT2D eigenvalue weighted by atomic mass is 9.96. The lowest BCUT2D eigenvalue weighted by Gasteiger charge is -2.42. The second-order valence-corrected chi connectivity index (χ2v) is 8.44. The number of hydrogen-bond acceptors (Lipinski definition) is 4. The Hall–Kier alpha value is -1.89. The molecule has 0 aliphatic carbocycles. The molecule has 1 aromatic carbocycles. The minimum Gasteiger partial charge on any atom is -0.322 e. The highest BCUT2D eigenvalue weighted by Crippen LogP contribution is 2.36. The molecule has 0 saturated carbocycles. The number of anilines is 2. The zero-order valence-electron chi connectivity index (χ0n) is 14.4. The molecule has 2 amide bonds. The molecule has 0 saturated heterocycles. The molecule has 5 nitrogen and oxygen atoms in total. The van der Waals surface area contributed by atoms with Crippen LogP contribution in [0.15, 0.2) is 36.4 Å². The number of fused-ring (bicyclic) bond motifs is 1. The van der Waals surface area contributed by atoms with Crippen LogP contribution in [-0.4, -0.2) is 35.8 Å². The van der Waals surface area contributed by atoms with Crippen LogP contribution in [0.1, 0.15) is 18.7 Å². The molecule has 0 bridgehead atoms. The van der Waals surface area contributed by atoms with E-state index in [1.807, 2.05) is 42.3 Å². The standard InChI is InChI=1S/C18H20ClN3O2S/c1-18(2)17(24)20-13-6-4-5-7-14(13)22(18)16(23)11-21(3)10-12-8-9-15(19)25-12/h4-9H,10-11H2,1-3H3,(H,20,24). The van der Waals surface area contributed by atoms with Crippen LogP contribution in [0.2, 0.25) is 4.34 Å². The van der Waals surface area contributed by atoms with Crippen molar-refractivity contribution >= 4 is 46.1 Å². The van der Waals surface area contributed by atoms with Crippen LogP contribution in [0.3, 0.4) is 0 Å². The van der Waals surface area contributed by atoms with Crippen LogP contribution in [0.25, 0.3) is 0 Å². The van der Waals surface area contributed by atoms with Crippen molar-refractivity contribution < 1.29 is 9.59 Å². The fourth-order valence-electron chi connectivity index (χ4n) is 2.96. The van der Waals surface area contributed by atoms with E-state index < -0.39 is 5.54 Å². The highest BCUT2D eigenvalue weighted by molar-refractivity contribution is 7.16. The van der Waals surface area contributed by atoms with E-state index >= 15 is 0 Å². The number of rotatable bonds is 4. The number of benzene rings is 1. The molecule has 0 atom stereocenters. The summed E-state index contributed by atoms with van der Waals surface area (Å²) in [4.78, 5) is 30.1. The van der Waals surface area contributed by atoms with Gasteiger partial charge < -0.3 is 5.32 Å². The Balaban J connectivity index is 1.81. The first kappa shape index (κ1) is 17.9. The number of halogens is 1. The predicted molar refractivity (Wildman–Crippen MR) is 102 cm³/mol. The van der Waals surface area contributed by atoms with Crippen LogP contribution in [0.5, 0.6) is 0 Å². The quantitative estimate of drug-likeness (QED) is 0.885. The number of carbonyl (C=O) groups excluding carboxylic acids is 2. The van der Waals surface area contributed by atoms with Crippen molar-refractivity contribution in [3.05, 3.63) is 45.6 Å². The van der Waals surface area contributed by atoms with Gasteiger partial charge in [0.1, 0.15) is 5.54 Å². The van der Waals surface area contributed by atoms with E-state index in [1.54, 1.807) is 24.8 Å². The molecule has 1 aliphatic heterocycles. The van der Waals surface area contributed by atoms with Crippen molar-refractivity contribution in [2.24, 2.45) is 0 Å². The van der Waals surface area contributed by atoms with Gasteiger partial charge in [-0.15, -0.1) is 11.3 Å². The Labute approximate surface area is 156 Å². The molecule has 132 valence electrons. The summed E-state index contributed by atoms with van der Waals surface area (Å²) in [5.41, 5.74) is 0.441. The second-order valence-electron chi connectivity index (χ2n) is 6.64. The summed E-state index contributed by atoms with van der Waals surface area (Å²) < 4.78 is 0.734. The zero-order valence-corrected chi connectivity index (χ0v) is 15.9. The van der Waals surface area contributed by atoms with Gasteiger partial charge in [0.15, 0.2) is 0 Å². The summed E-state index contributed by atoms with van der Waals surface area (Å²) in [5, 5.41) is 2.87. The number of carbonyl (C=O) groups is 2. The molecule has 7 heteroatoms. The first-order chi connectivity index (χ1) is 11.8. The predicted octanol–water partition coefficient (Wildman–Crippen LogP) is 3.60. The Morgan fingerprint density at radius 1 is 1.28 bits per heavy atom. The van der Waals surface area contributed by atoms with Crippen molar-refractivity contribution in [1.82, 2.24) is 4.90 Å². The minimum absolute atomic E-state index is 0.113. The Morgan fingerprint density at radius 2 is 2.00 bits per heavy atom. The monoisotopic (exact) mass is 377 g/mol. The van der Waals surface area contributed by atoms with Crippen molar-refractivity contribution in [2.75, 3.05) is 23.8 Å². The summed E-state index contributed by atoms with van der Waals surface area (Å²) in [5.74, 6) is -0.301. The highest BCUT2D eigenvalue weighted by Gasteiger charge is 2.43. The van der Waals surface area contributed by atoms with Gasteiger partial charge >= 0.3 is 0 Å². The summed E-state index contributed by atoms with van der Waals surface area (Å²) in [6.07, 6.45) is 0. The van der Waals surface area contributed by atoms with E-state index in [0.717, 1.165) is 14.9 Å². The maximum Gasteiger partial charge on any atom is 0.250 e. The van der Waals surface area contributed by atoms with Gasteiger partial charge in [-0.25, -0.2) is 0 Å². The van der Waals surface area contributed by atoms with Gasteiger partial charge in [0.25, 0.3) is 0 Å². The highest BCUT2D eigenvalue weighted by atomic mass is 35.5. The van der Waals surface area contributed by atoms with E-state index in [1.165, 1.54) is 11.3 Å². The summed E-state index contributed by atoms with van der Waals surface area (Å²) in [7, 11) is 1.88. The van der Waals surface area contributed by atoms with E-state index in [0.29, 0.717) is 12.2 Å². The average Bonchev–Trinajstić information content (AvgIpc) is 2.92. The molecule has 2 heterocycles. The number of nitrogens with one attached hydrogen (secondary N) is 1. The van der Waals surface area contributed by atoms with Gasteiger partial charge in [0.2, 0.25) is 11.8 Å². The van der Waals surface area contributed by atoms with Crippen molar-refractivity contribution in [1.29, 1.82) is 0 Å². The summed E-state index contributed by atoms with van der Waals surface area (Å²) in [6, 6.07) is 11.2. The number of amides is 2. The van der Waals surface area contributed by atoms with Gasteiger partial charge in [0.05, 0.1) is 22.3 Å². The van der Waals surface area contributed by atoms with Gasteiger partial charge in [-0.2, -0.15) is 0 Å². The first-order valence-corrected chi connectivity index (χ1v) is 9.15. The number of para-hydroxylation sites is 2. The van der Waals surface area contributed by atoms with Crippen LogP contribution in [0, 0.1) is 0 Å². The SMILES string of the molecule is CN(CC(=O)N1c2ccccc2NC(=O)C1(C)C)Cc1ccc(Cl)s1. The fourth-order valence-corrected chi connectivity index (χ4v) is 4.13. The van der Waals surface area contributed by atoms with Crippen LogP contribution < -0.4 is 10.2 Å². The van der Waals surface area contributed by atoms with Crippen LogP contribution in [0.4, 0.5) is 11.4 Å². The maximum absolute atomic E-state index is 13.0. The maximum atomic E-state index is 13.0. The molecule has 1 aromatic heterocycles. The van der Waals surface area contributed by atoms with Crippen LogP contribution in [-0.2, 0) is 16.1 Å². The molecule has 0 radical (unpaired) electrons. The molecular weight excluding hydrogens is 358 g/mol. The molecule has 25 heavy (non-hydrogen) atoms. The molecule has 0 spiro atoms. The zero-order chi connectivity index (χ0) is 18.2. The lowest BCUT2D eigenvalue weighted by Crippen LogP contribution is -2.60. The van der Waals surface area contributed by atoms with Crippen molar-refractivity contribution in [3.8, 4) is 0 Å². The van der Waals surface area contributed by atoms with Gasteiger partial charge in [-0.05, 0) is 45.2 Å². The van der Waals surface area contributed by atoms with E-state index in [2.05, 4.69) is 5.32 Å². The van der Waals surface area contributed by atoms with Crippen LogP contribution >= 0.6 is 22.9 Å². The smallest absolute Gasteiger partial charge is 0.250 e. The van der Waals surface area contributed by atoms with Crippen molar-refractivity contribution in [2.45, 2.75) is 25.9 Å². The second kappa shape index (κ2) is 6.78. The van der Waals surface area contributed by atoms with Crippen molar-refractivity contribution in [3.63, 3.8) is 0 Å². The number of hydrogen-bond donors (Lipinski definition) is 1. The Bertz CT molecular complexity index is 818. The largest absolute Gasteiger partial charge is 0.322 e. The number of nitrogens with zero attached hydrogens (tertiary/aromatic N) is 2. The van der Waals surface area contributed by atoms with E-state index in [9.17, 15) is 9.59 Å². The Kier molecular flexibility index (Phi) is 4.86. The number of likely N-dealkylation sites (N-methyl/N-ethyl adjacent to an activating group) is 1. The fraction of sp³-hybridized carbons (Fsp3) is 0.333. The van der Waals surface area contributed by atoms with E-state index in [4.69, 9.17) is 11.6 Å². The minimum atomic E-state index is -0.946. The molecule has 2 aromatic rings. The number of thiophene rings is 1. The molecular formula is C18H20ClN3O2S. The first-order valence-electron chi connectivity index (χ1n) is 7.95. The molecule has 1 N–H and O–H groups in total. The van der Waals surface area contributed by atoms with Gasteiger partial charge in [-0.3, -0.25) is 19.4 Å². The molecule has 0 unspecified atom stereocenters. The molecule has 1 aliphatic rings. The summed E-state index contributed by atoms with van der Waals surface area (Å²) in [6.45, 7) is 4.36. The van der Waals surface area contributed by atoms with E-state index in [-0.39, 0.29) is 18.4 Å². The normalized spacial score (nSPS) is 15.9. The van der Waals surface area contributed by atoms with Gasteiger partial charge in [-0.1, -0.05) is 23.7 Å². The molecule has 3 rings (SSSR count).